The van der Waals surface area contributed by atoms with E-state index in [0.717, 1.165) is 32.6 Å². The molecule has 7 heteroatoms. The van der Waals surface area contributed by atoms with Gasteiger partial charge in [-0.15, -0.1) is 0 Å². The van der Waals surface area contributed by atoms with Crippen LogP contribution in [0, 0.1) is 0 Å². The molecule has 0 fully saturated rings. The van der Waals surface area contributed by atoms with Gasteiger partial charge >= 0.3 is 11.4 Å². The van der Waals surface area contributed by atoms with Gasteiger partial charge in [0.15, 0.2) is 0 Å². The van der Waals surface area contributed by atoms with Crippen molar-refractivity contribution < 1.29 is 0 Å². The van der Waals surface area contributed by atoms with Crippen molar-refractivity contribution in [2.75, 3.05) is 5.73 Å². The first kappa shape index (κ1) is 19.4. The van der Waals surface area contributed by atoms with Gasteiger partial charge in [0.1, 0.15) is 0 Å². The van der Waals surface area contributed by atoms with E-state index in [1.807, 2.05) is 72.8 Å². The number of nitrogens with one attached hydrogen (secondary N) is 2. The van der Waals surface area contributed by atoms with Gasteiger partial charge in [-0.05, 0) is 57.9 Å². The predicted octanol–water partition coefficient (Wildman–Crippen LogP) is 4.84. The Morgan fingerprint density at radius 3 is 1.37 bits per heavy atom. The number of para-hydroxylation sites is 1. The van der Waals surface area contributed by atoms with Crippen molar-refractivity contribution in [2.24, 2.45) is 0 Å². The molecule has 2 aromatic heterocycles. The Morgan fingerprint density at radius 1 is 0.543 bits per heavy atom. The summed E-state index contributed by atoms with van der Waals surface area (Å²) in [4.78, 5) is 32.0. The fourth-order valence-corrected chi connectivity index (χ4v) is 5.00. The highest BCUT2D eigenvalue weighted by Crippen LogP contribution is 2.30. The molecule has 0 radical (unpaired) electrons. The molecule has 0 spiro atoms. The Morgan fingerprint density at radius 2 is 0.943 bits per heavy atom. The quantitative estimate of drug-likeness (QED) is 0.324. The standard InChI is InChI=1S/C28H19N5O2/c29-26-22(32-24-14-18-8-3-1-6-16(18)12-20(24)30-27(32)34)10-5-11-23(26)33-25-15-19-9-4-2-7-17(19)13-21(25)31-28(33)35/h1-15H,29H2,(H,30,34)(H,31,35). The van der Waals surface area contributed by atoms with E-state index in [1.165, 1.54) is 0 Å². The lowest BCUT2D eigenvalue weighted by atomic mass is 10.1. The number of aromatic nitrogens is 4. The van der Waals surface area contributed by atoms with E-state index in [-0.39, 0.29) is 11.4 Å². The fourth-order valence-electron chi connectivity index (χ4n) is 5.00. The van der Waals surface area contributed by atoms with Gasteiger partial charge < -0.3 is 15.7 Å². The first-order valence-electron chi connectivity index (χ1n) is 11.2. The number of benzene rings is 5. The van der Waals surface area contributed by atoms with Gasteiger partial charge in [-0.3, -0.25) is 9.13 Å². The number of nitrogen functional groups attached to an aromatic ring is 1. The van der Waals surface area contributed by atoms with E-state index < -0.39 is 0 Å². The van der Waals surface area contributed by atoms with Crippen molar-refractivity contribution >= 4 is 49.3 Å². The number of imidazole rings is 2. The van der Waals surface area contributed by atoms with Crippen LogP contribution in [0.3, 0.4) is 0 Å². The van der Waals surface area contributed by atoms with Crippen LogP contribution in [0.15, 0.2) is 101 Å². The number of nitrogens with zero attached hydrogens (tertiary/aromatic N) is 2. The van der Waals surface area contributed by atoms with Crippen LogP contribution in [0.4, 0.5) is 5.69 Å². The van der Waals surface area contributed by atoms with Crippen molar-refractivity contribution in [3.63, 3.8) is 0 Å². The number of hydrogen-bond donors (Lipinski definition) is 3. The van der Waals surface area contributed by atoms with Crippen molar-refractivity contribution in [3.8, 4) is 11.4 Å². The van der Waals surface area contributed by atoms with Crippen LogP contribution in [-0.2, 0) is 0 Å². The number of anilines is 1. The number of rotatable bonds is 2. The lowest BCUT2D eigenvalue weighted by Crippen LogP contribution is -2.19. The number of nitrogens with two attached hydrogens (primary N) is 1. The van der Waals surface area contributed by atoms with Crippen LogP contribution in [-0.4, -0.2) is 19.1 Å². The van der Waals surface area contributed by atoms with E-state index in [2.05, 4.69) is 9.97 Å². The Bertz CT molecular complexity index is 1930. The van der Waals surface area contributed by atoms with Gasteiger partial charge in [-0.1, -0.05) is 54.6 Å². The molecular weight excluding hydrogens is 438 g/mol. The molecule has 0 aliphatic heterocycles. The summed E-state index contributed by atoms with van der Waals surface area (Å²) in [5.41, 5.74) is 10.3. The molecule has 0 aliphatic carbocycles. The minimum absolute atomic E-state index is 0.295. The molecule has 0 atom stereocenters. The molecule has 2 heterocycles. The van der Waals surface area contributed by atoms with Gasteiger partial charge in [0.05, 0.1) is 39.1 Å². The Hall–Kier alpha value is -5.04. The maximum atomic E-state index is 13.1. The third-order valence-corrected chi connectivity index (χ3v) is 6.64. The van der Waals surface area contributed by atoms with Crippen LogP contribution < -0.4 is 17.1 Å². The van der Waals surface area contributed by atoms with Crippen LogP contribution in [0.25, 0.3) is 55.0 Å². The minimum atomic E-state index is -0.295. The van der Waals surface area contributed by atoms with Gasteiger partial charge in [0.2, 0.25) is 0 Å². The molecule has 0 unspecified atom stereocenters. The van der Waals surface area contributed by atoms with Crippen molar-refractivity contribution in [3.05, 3.63) is 112 Å². The summed E-state index contributed by atoms with van der Waals surface area (Å²) in [6.07, 6.45) is 0. The molecule has 7 nitrogen and oxygen atoms in total. The zero-order valence-electron chi connectivity index (χ0n) is 18.4. The molecule has 7 aromatic rings. The van der Waals surface area contributed by atoms with Crippen molar-refractivity contribution in [1.82, 2.24) is 19.1 Å². The molecule has 0 saturated heterocycles. The highest BCUT2D eigenvalue weighted by Gasteiger charge is 2.18. The minimum Gasteiger partial charge on any atom is -0.395 e. The largest absolute Gasteiger partial charge is 0.395 e. The van der Waals surface area contributed by atoms with Crippen LogP contribution in [0.2, 0.25) is 0 Å². The Kier molecular flexibility index (Phi) is 3.87. The molecule has 168 valence electrons. The van der Waals surface area contributed by atoms with Crippen molar-refractivity contribution in [1.29, 1.82) is 0 Å². The lowest BCUT2D eigenvalue weighted by Gasteiger charge is -2.13. The van der Waals surface area contributed by atoms with Crippen molar-refractivity contribution in [2.45, 2.75) is 0 Å². The second-order valence-electron chi connectivity index (χ2n) is 8.67. The second kappa shape index (κ2) is 6.98. The van der Waals surface area contributed by atoms with E-state index in [0.29, 0.717) is 28.1 Å². The first-order chi connectivity index (χ1) is 17.1. The molecule has 35 heavy (non-hydrogen) atoms. The number of H-pyrrole nitrogens is 2. The first-order valence-corrected chi connectivity index (χ1v) is 11.2. The summed E-state index contributed by atoms with van der Waals surface area (Å²) in [5, 5.41) is 4.10. The third kappa shape index (κ3) is 2.78. The maximum Gasteiger partial charge on any atom is 0.331 e. The number of aromatic amines is 2. The molecule has 5 aromatic carbocycles. The maximum absolute atomic E-state index is 13.1. The number of hydrogen-bond acceptors (Lipinski definition) is 3. The smallest absolute Gasteiger partial charge is 0.331 e. The highest BCUT2D eigenvalue weighted by atomic mass is 16.1. The molecule has 4 N–H and O–H groups in total. The topological polar surface area (TPSA) is 102 Å². The molecule has 7 rings (SSSR count). The molecule has 0 bridgehead atoms. The zero-order valence-corrected chi connectivity index (χ0v) is 18.4. The number of fused-ring (bicyclic) bond motifs is 4. The molecule has 0 amide bonds. The van der Waals surface area contributed by atoms with Gasteiger partial charge in [0, 0.05) is 0 Å². The third-order valence-electron chi connectivity index (χ3n) is 6.64. The van der Waals surface area contributed by atoms with E-state index in [4.69, 9.17) is 5.73 Å². The zero-order chi connectivity index (χ0) is 23.7. The molecule has 0 saturated carbocycles. The summed E-state index contributed by atoms with van der Waals surface area (Å²) in [7, 11) is 0. The highest BCUT2D eigenvalue weighted by molar-refractivity contribution is 5.97. The summed E-state index contributed by atoms with van der Waals surface area (Å²) < 4.78 is 3.13. The van der Waals surface area contributed by atoms with Crippen LogP contribution in [0.5, 0.6) is 0 Å². The monoisotopic (exact) mass is 457 g/mol. The summed E-state index contributed by atoms with van der Waals surface area (Å²) in [6, 6.07) is 29.1. The average molecular weight is 457 g/mol. The van der Waals surface area contributed by atoms with E-state index >= 15 is 0 Å². The summed E-state index contributed by atoms with van der Waals surface area (Å²) in [6.45, 7) is 0. The van der Waals surface area contributed by atoms with Crippen LogP contribution in [0.1, 0.15) is 0 Å². The summed E-state index contributed by atoms with van der Waals surface area (Å²) in [5.74, 6) is 0. The van der Waals surface area contributed by atoms with E-state index in [1.54, 1.807) is 27.3 Å². The van der Waals surface area contributed by atoms with Crippen LogP contribution >= 0.6 is 0 Å². The molecular formula is C28H19N5O2. The van der Waals surface area contributed by atoms with Gasteiger partial charge in [-0.2, -0.15) is 0 Å². The van der Waals surface area contributed by atoms with Gasteiger partial charge in [0.25, 0.3) is 0 Å². The second-order valence-corrected chi connectivity index (χ2v) is 8.67. The molecule has 0 aliphatic rings. The Balaban J connectivity index is 1.50. The fraction of sp³-hybridized carbons (Fsp3) is 0. The van der Waals surface area contributed by atoms with E-state index in [9.17, 15) is 9.59 Å². The lowest BCUT2D eigenvalue weighted by molar-refractivity contribution is 0.992. The van der Waals surface area contributed by atoms with Gasteiger partial charge in [-0.25, -0.2) is 9.59 Å². The predicted molar refractivity (Wildman–Crippen MR) is 141 cm³/mol. The Labute approximate surface area is 197 Å². The SMILES string of the molecule is Nc1c(-n2c(=O)[nH]c3cc4ccccc4cc32)cccc1-n1c(=O)[nH]c2cc3ccccc3cc21. The average Bonchev–Trinajstić information content (AvgIpc) is 3.35. The normalized spacial score (nSPS) is 11.8. The summed E-state index contributed by atoms with van der Waals surface area (Å²) >= 11 is 0.